The largest absolute Gasteiger partial charge is 0.479 e. The highest BCUT2D eigenvalue weighted by Crippen LogP contribution is 2.00. The third-order valence-electron chi connectivity index (χ3n) is 1.89. The molecule has 0 saturated heterocycles. The first-order valence-corrected chi connectivity index (χ1v) is 4.79. The fourth-order valence-electron chi connectivity index (χ4n) is 1.05. The second kappa shape index (κ2) is 6.26. The highest BCUT2D eigenvalue weighted by Gasteiger charge is 2.19. The molecule has 1 unspecified atom stereocenters. The van der Waals surface area contributed by atoms with Crippen molar-refractivity contribution in [3.05, 3.63) is 35.9 Å². The van der Waals surface area contributed by atoms with Gasteiger partial charge in [-0.05, 0) is 5.56 Å². The fraction of sp³-hybridized carbons (Fsp3) is 0.182. The van der Waals surface area contributed by atoms with Crippen LogP contribution in [0.5, 0.6) is 0 Å². The number of rotatable bonds is 5. The van der Waals surface area contributed by atoms with Crippen molar-refractivity contribution in [3.63, 3.8) is 0 Å². The van der Waals surface area contributed by atoms with Crippen LogP contribution in [0.1, 0.15) is 5.56 Å². The maximum Gasteiger partial charge on any atom is 0.408 e. The molecule has 0 aliphatic heterocycles. The van der Waals surface area contributed by atoms with Gasteiger partial charge in [-0.25, -0.2) is 9.59 Å². The molecular weight excluding hydrogens is 226 g/mol. The summed E-state index contributed by atoms with van der Waals surface area (Å²) in [4.78, 5) is 31.9. The summed E-state index contributed by atoms with van der Waals surface area (Å²) in [6.45, 7) is 0.0118. The highest BCUT2D eigenvalue weighted by molar-refractivity contribution is 5.94. The summed E-state index contributed by atoms with van der Waals surface area (Å²) in [5.41, 5.74) is 0.764. The van der Waals surface area contributed by atoms with Crippen LogP contribution in [0, 0.1) is 0 Å². The van der Waals surface area contributed by atoms with Gasteiger partial charge >= 0.3 is 12.1 Å². The van der Waals surface area contributed by atoms with E-state index in [1.54, 1.807) is 24.3 Å². The van der Waals surface area contributed by atoms with Crippen molar-refractivity contribution < 1.29 is 24.2 Å². The van der Waals surface area contributed by atoms with Gasteiger partial charge in [0.1, 0.15) is 6.61 Å². The summed E-state index contributed by atoms with van der Waals surface area (Å²) in [5.74, 6) is -1.43. The second-order valence-corrected chi connectivity index (χ2v) is 3.16. The molecule has 0 aromatic heterocycles. The Morgan fingerprint density at radius 3 is 2.53 bits per heavy atom. The first kappa shape index (κ1) is 12.7. The SMILES string of the molecule is O=CC(NC(=O)OCc1ccccc1)C(=O)O. The number of amides is 1. The lowest BCUT2D eigenvalue weighted by molar-refractivity contribution is -0.140. The van der Waals surface area contributed by atoms with Crippen molar-refractivity contribution in [2.45, 2.75) is 12.6 Å². The van der Waals surface area contributed by atoms with E-state index in [0.717, 1.165) is 5.56 Å². The summed E-state index contributed by atoms with van der Waals surface area (Å²) < 4.78 is 4.74. The van der Waals surface area contributed by atoms with Crippen molar-refractivity contribution in [2.75, 3.05) is 0 Å². The summed E-state index contributed by atoms with van der Waals surface area (Å²) in [6.07, 6.45) is -0.833. The Balaban J connectivity index is 2.40. The average molecular weight is 237 g/mol. The maximum atomic E-state index is 11.1. The van der Waals surface area contributed by atoms with Gasteiger partial charge in [0.25, 0.3) is 0 Å². The first-order valence-electron chi connectivity index (χ1n) is 4.79. The molecule has 0 aliphatic rings. The minimum atomic E-state index is -1.58. The van der Waals surface area contributed by atoms with Gasteiger partial charge in [0.05, 0.1) is 0 Å². The number of ether oxygens (including phenoxy) is 1. The number of aldehydes is 1. The van der Waals surface area contributed by atoms with Crippen LogP contribution in [-0.2, 0) is 20.9 Å². The molecule has 0 saturated carbocycles. The zero-order chi connectivity index (χ0) is 12.7. The number of carboxylic acids is 1. The molecule has 1 atom stereocenters. The summed E-state index contributed by atoms with van der Waals surface area (Å²) in [5, 5.41) is 10.4. The zero-order valence-electron chi connectivity index (χ0n) is 8.83. The van der Waals surface area contributed by atoms with Gasteiger partial charge in [0.15, 0.2) is 12.3 Å². The molecule has 0 aliphatic carbocycles. The van der Waals surface area contributed by atoms with E-state index in [4.69, 9.17) is 9.84 Å². The van der Waals surface area contributed by atoms with Gasteiger partial charge < -0.3 is 20.0 Å². The van der Waals surface area contributed by atoms with Crippen LogP contribution in [-0.4, -0.2) is 29.5 Å². The quantitative estimate of drug-likeness (QED) is 0.576. The smallest absolute Gasteiger partial charge is 0.408 e. The number of hydrogen-bond donors (Lipinski definition) is 2. The van der Waals surface area contributed by atoms with E-state index >= 15 is 0 Å². The van der Waals surface area contributed by atoms with Gasteiger partial charge in [-0.15, -0.1) is 0 Å². The number of carbonyl (C=O) groups excluding carboxylic acids is 2. The molecule has 0 fully saturated rings. The molecule has 1 rings (SSSR count). The third-order valence-corrected chi connectivity index (χ3v) is 1.89. The van der Waals surface area contributed by atoms with E-state index in [-0.39, 0.29) is 12.9 Å². The van der Waals surface area contributed by atoms with Gasteiger partial charge in [0, 0.05) is 0 Å². The number of carbonyl (C=O) groups is 3. The van der Waals surface area contributed by atoms with Crippen molar-refractivity contribution in [1.82, 2.24) is 5.32 Å². The Morgan fingerprint density at radius 1 is 1.35 bits per heavy atom. The van der Waals surface area contributed by atoms with E-state index in [1.165, 1.54) is 0 Å². The number of benzene rings is 1. The number of carboxylic acid groups (broad SMARTS) is 1. The second-order valence-electron chi connectivity index (χ2n) is 3.16. The van der Waals surface area contributed by atoms with E-state index in [0.29, 0.717) is 0 Å². The number of nitrogens with one attached hydrogen (secondary N) is 1. The molecule has 0 radical (unpaired) electrons. The topological polar surface area (TPSA) is 92.7 Å². The predicted octanol–water partition coefficient (Wildman–Crippen LogP) is 0.565. The van der Waals surface area contributed by atoms with Crippen molar-refractivity contribution in [3.8, 4) is 0 Å². The van der Waals surface area contributed by atoms with Gasteiger partial charge in [-0.1, -0.05) is 30.3 Å². The molecule has 0 bridgehead atoms. The lowest BCUT2D eigenvalue weighted by Gasteiger charge is -2.09. The van der Waals surface area contributed by atoms with Crippen LogP contribution in [0.2, 0.25) is 0 Å². The van der Waals surface area contributed by atoms with Crippen LogP contribution in [0.3, 0.4) is 0 Å². The third kappa shape index (κ3) is 4.33. The van der Waals surface area contributed by atoms with E-state index < -0.39 is 18.1 Å². The number of hydrogen-bond acceptors (Lipinski definition) is 4. The molecule has 6 nitrogen and oxygen atoms in total. The minimum absolute atomic E-state index is 0.0118. The Morgan fingerprint density at radius 2 is 2.00 bits per heavy atom. The maximum absolute atomic E-state index is 11.1. The van der Waals surface area contributed by atoms with Crippen molar-refractivity contribution in [1.29, 1.82) is 0 Å². The lowest BCUT2D eigenvalue weighted by atomic mass is 10.2. The summed E-state index contributed by atoms with van der Waals surface area (Å²) >= 11 is 0. The highest BCUT2D eigenvalue weighted by atomic mass is 16.5. The van der Waals surface area contributed by atoms with Gasteiger partial charge in [-0.2, -0.15) is 0 Å². The monoisotopic (exact) mass is 237 g/mol. The Bertz CT molecular complexity index is 404. The van der Waals surface area contributed by atoms with Crippen LogP contribution >= 0.6 is 0 Å². The molecule has 1 amide bonds. The predicted molar refractivity (Wildman–Crippen MR) is 57.3 cm³/mol. The van der Waals surface area contributed by atoms with Crippen molar-refractivity contribution >= 4 is 18.3 Å². The minimum Gasteiger partial charge on any atom is -0.479 e. The number of alkyl carbamates (subject to hydrolysis) is 1. The van der Waals surface area contributed by atoms with Crippen LogP contribution in [0.15, 0.2) is 30.3 Å². The van der Waals surface area contributed by atoms with Crippen LogP contribution in [0.4, 0.5) is 4.79 Å². The standard InChI is InChI=1S/C11H11NO5/c13-6-9(10(14)15)12-11(16)17-7-8-4-2-1-3-5-8/h1-6,9H,7H2,(H,12,16)(H,14,15). The summed E-state index contributed by atoms with van der Waals surface area (Å²) in [6, 6.07) is 7.29. The molecular formula is C11H11NO5. The molecule has 0 heterocycles. The number of aliphatic carboxylic acids is 1. The normalized spacial score (nSPS) is 11.3. The average Bonchev–Trinajstić information content (AvgIpc) is 2.34. The van der Waals surface area contributed by atoms with E-state index in [2.05, 4.69) is 0 Å². The Labute approximate surface area is 97.2 Å². The zero-order valence-corrected chi connectivity index (χ0v) is 8.83. The first-order chi connectivity index (χ1) is 8.13. The molecule has 1 aromatic rings. The molecule has 90 valence electrons. The van der Waals surface area contributed by atoms with Crippen molar-refractivity contribution in [2.24, 2.45) is 0 Å². The Hall–Kier alpha value is -2.37. The van der Waals surface area contributed by atoms with Gasteiger partial charge in [-0.3, -0.25) is 0 Å². The van der Waals surface area contributed by atoms with E-state index in [9.17, 15) is 14.4 Å². The van der Waals surface area contributed by atoms with Crippen LogP contribution in [0.25, 0.3) is 0 Å². The lowest BCUT2D eigenvalue weighted by Crippen LogP contribution is -2.42. The molecule has 6 heteroatoms. The molecule has 2 N–H and O–H groups in total. The molecule has 0 spiro atoms. The molecule has 17 heavy (non-hydrogen) atoms. The van der Waals surface area contributed by atoms with Gasteiger partial charge in [0.2, 0.25) is 0 Å². The van der Waals surface area contributed by atoms with E-state index in [1.807, 2.05) is 11.4 Å². The van der Waals surface area contributed by atoms with Crippen LogP contribution < -0.4 is 5.32 Å². The molecule has 1 aromatic carbocycles. The summed E-state index contributed by atoms with van der Waals surface area (Å²) in [7, 11) is 0. The Kier molecular flexibility index (Phi) is 4.68. The fourth-order valence-corrected chi connectivity index (χ4v) is 1.05.